The van der Waals surface area contributed by atoms with Gasteiger partial charge < -0.3 is 15.6 Å². The standard InChI is InChI=1S/C9H11NO3/c1-6(10)9(12)13-8-4-2-7(11)3-5-8/h2-6,11H,10H2,1H3. The summed E-state index contributed by atoms with van der Waals surface area (Å²) in [6.07, 6.45) is 0. The van der Waals surface area contributed by atoms with Gasteiger partial charge in [-0.25, -0.2) is 4.79 Å². The summed E-state index contributed by atoms with van der Waals surface area (Å²) in [5.41, 5.74) is 5.29. The van der Waals surface area contributed by atoms with Crippen molar-refractivity contribution in [2.75, 3.05) is 0 Å². The van der Waals surface area contributed by atoms with Crippen molar-refractivity contribution in [1.29, 1.82) is 0 Å². The van der Waals surface area contributed by atoms with Crippen LogP contribution >= 0.6 is 0 Å². The van der Waals surface area contributed by atoms with E-state index < -0.39 is 12.0 Å². The molecule has 4 nitrogen and oxygen atoms in total. The van der Waals surface area contributed by atoms with Gasteiger partial charge in [0.05, 0.1) is 0 Å². The van der Waals surface area contributed by atoms with Crippen molar-refractivity contribution in [3.8, 4) is 11.5 Å². The van der Waals surface area contributed by atoms with Crippen molar-refractivity contribution in [3.63, 3.8) is 0 Å². The molecular weight excluding hydrogens is 170 g/mol. The minimum atomic E-state index is -0.645. The van der Waals surface area contributed by atoms with Gasteiger partial charge in [-0.2, -0.15) is 0 Å². The van der Waals surface area contributed by atoms with Crippen LogP contribution in [0.1, 0.15) is 6.92 Å². The van der Waals surface area contributed by atoms with E-state index in [1.807, 2.05) is 0 Å². The molecule has 0 bridgehead atoms. The zero-order valence-electron chi connectivity index (χ0n) is 7.23. The number of hydrogen-bond acceptors (Lipinski definition) is 4. The molecule has 4 heteroatoms. The van der Waals surface area contributed by atoms with Crippen LogP contribution < -0.4 is 10.5 Å². The molecule has 1 aromatic rings. The van der Waals surface area contributed by atoms with Crippen molar-refractivity contribution >= 4 is 5.97 Å². The highest BCUT2D eigenvalue weighted by atomic mass is 16.5. The fourth-order valence-corrected chi connectivity index (χ4v) is 0.723. The van der Waals surface area contributed by atoms with E-state index >= 15 is 0 Å². The van der Waals surface area contributed by atoms with Gasteiger partial charge in [0.2, 0.25) is 0 Å². The molecule has 0 aliphatic carbocycles. The highest BCUT2D eigenvalue weighted by Gasteiger charge is 2.09. The quantitative estimate of drug-likeness (QED) is 0.519. The fourth-order valence-electron chi connectivity index (χ4n) is 0.723. The molecule has 1 unspecified atom stereocenters. The molecular formula is C9H11NO3. The third-order valence-corrected chi connectivity index (χ3v) is 1.43. The van der Waals surface area contributed by atoms with Crippen LogP contribution in [0.5, 0.6) is 11.5 Å². The Morgan fingerprint density at radius 2 is 2.00 bits per heavy atom. The van der Waals surface area contributed by atoms with Gasteiger partial charge in [0.1, 0.15) is 17.5 Å². The Hall–Kier alpha value is -1.55. The van der Waals surface area contributed by atoms with Crippen molar-refractivity contribution < 1.29 is 14.6 Å². The number of phenolic OH excluding ortho intramolecular Hbond substituents is 1. The monoisotopic (exact) mass is 181 g/mol. The number of aromatic hydroxyl groups is 1. The molecule has 1 atom stereocenters. The molecule has 0 spiro atoms. The molecule has 3 N–H and O–H groups in total. The van der Waals surface area contributed by atoms with Gasteiger partial charge in [0, 0.05) is 0 Å². The molecule has 0 fully saturated rings. The summed E-state index contributed by atoms with van der Waals surface area (Å²) in [5.74, 6) is 0.00591. The molecule has 0 aliphatic heterocycles. The molecule has 0 aliphatic rings. The summed E-state index contributed by atoms with van der Waals surface area (Å²) in [7, 11) is 0. The topological polar surface area (TPSA) is 72.6 Å². The van der Waals surface area contributed by atoms with Gasteiger partial charge in [-0.3, -0.25) is 0 Å². The minimum absolute atomic E-state index is 0.126. The van der Waals surface area contributed by atoms with Gasteiger partial charge >= 0.3 is 5.97 Å². The number of rotatable bonds is 2. The number of nitrogens with two attached hydrogens (primary N) is 1. The Kier molecular flexibility index (Phi) is 2.87. The van der Waals surface area contributed by atoms with Gasteiger partial charge in [-0.05, 0) is 31.2 Å². The average Bonchev–Trinajstić information content (AvgIpc) is 2.08. The van der Waals surface area contributed by atoms with E-state index in [9.17, 15) is 4.79 Å². The smallest absolute Gasteiger partial charge is 0.328 e. The second-order valence-electron chi connectivity index (χ2n) is 2.70. The zero-order valence-corrected chi connectivity index (χ0v) is 7.23. The first-order valence-electron chi connectivity index (χ1n) is 3.86. The maximum absolute atomic E-state index is 11.0. The van der Waals surface area contributed by atoms with Gasteiger partial charge in [-0.1, -0.05) is 0 Å². The lowest BCUT2D eigenvalue weighted by Crippen LogP contribution is -2.30. The van der Waals surface area contributed by atoms with Crippen LogP contribution in [0.3, 0.4) is 0 Å². The maximum Gasteiger partial charge on any atom is 0.328 e. The predicted octanol–water partition coefficient (Wildman–Crippen LogP) is 0.645. The van der Waals surface area contributed by atoms with Crippen LogP contribution in [0.25, 0.3) is 0 Å². The highest BCUT2D eigenvalue weighted by Crippen LogP contribution is 2.15. The number of hydrogen-bond donors (Lipinski definition) is 2. The Morgan fingerprint density at radius 3 is 2.46 bits per heavy atom. The third kappa shape index (κ3) is 2.76. The molecule has 13 heavy (non-hydrogen) atoms. The van der Waals surface area contributed by atoms with Crippen LogP contribution in [-0.4, -0.2) is 17.1 Å². The first-order valence-corrected chi connectivity index (χ1v) is 3.86. The van der Waals surface area contributed by atoms with Crippen LogP contribution in [0, 0.1) is 0 Å². The van der Waals surface area contributed by atoms with E-state index in [0.717, 1.165) is 0 Å². The molecule has 0 aromatic heterocycles. The minimum Gasteiger partial charge on any atom is -0.508 e. The fraction of sp³-hybridized carbons (Fsp3) is 0.222. The molecule has 1 rings (SSSR count). The van der Waals surface area contributed by atoms with Gasteiger partial charge in [-0.15, -0.1) is 0 Å². The Balaban J connectivity index is 2.65. The first-order chi connectivity index (χ1) is 6.09. The Morgan fingerprint density at radius 1 is 1.46 bits per heavy atom. The molecule has 1 aromatic carbocycles. The Bertz CT molecular complexity index is 292. The van der Waals surface area contributed by atoms with E-state index in [1.54, 1.807) is 6.92 Å². The van der Waals surface area contributed by atoms with Gasteiger partial charge in [0.15, 0.2) is 0 Å². The highest BCUT2D eigenvalue weighted by molar-refractivity contribution is 5.77. The number of phenols is 1. The van der Waals surface area contributed by atoms with E-state index in [-0.39, 0.29) is 5.75 Å². The number of carbonyl (C=O) groups is 1. The second kappa shape index (κ2) is 3.91. The number of esters is 1. The molecule has 0 saturated heterocycles. The number of benzene rings is 1. The molecule has 70 valence electrons. The van der Waals surface area contributed by atoms with E-state index in [0.29, 0.717) is 5.75 Å². The Labute approximate surface area is 75.9 Å². The van der Waals surface area contributed by atoms with Crippen molar-refractivity contribution in [3.05, 3.63) is 24.3 Å². The summed E-state index contributed by atoms with van der Waals surface area (Å²) < 4.78 is 4.86. The lowest BCUT2D eigenvalue weighted by Gasteiger charge is -2.05. The SMILES string of the molecule is CC(N)C(=O)Oc1ccc(O)cc1. The van der Waals surface area contributed by atoms with Crippen LogP contribution in [0.15, 0.2) is 24.3 Å². The summed E-state index contributed by atoms with van der Waals surface area (Å²) in [6, 6.07) is 5.22. The molecule has 0 saturated carbocycles. The van der Waals surface area contributed by atoms with E-state index in [1.165, 1.54) is 24.3 Å². The second-order valence-corrected chi connectivity index (χ2v) is 2.70. The van der Waals surface area contributed by atoms with Crippen LogP contribution in [0.2, 0.25) is 0 Å². The summed E-state index contributed by atoms with van der Waals surface area (Å²) >= 11 is 0. The summed E-state index contributed by atoms with van der Waals surface area (Å²) in [6.45, 7) is 1.54. The van der Waals surface area contributed by atoms with E-state index in [4.69, 9.17) is 15.6 Å². The zero-order chi connectivity index (χ0) is 9.84. The summed E-state index contributed by atoms with van der Waals surface area (Å²) in [4.78, 5) is 11.0. The first kappa shape index (κ1) is 9.54. The van der Waals surface area contributed by atoms with Crippen molar-refractivity contribution in [1.82, 2.24) is 0 Å². The van der Waals surface area contributed by atoms with Crippen LogP contribution in [-0.2, 0) is 4.79 Å². The molecule has 0 heterocycles. The van der Waals surface area contributed by atoms with Crippen molar-refractivity contribution in [2.24, 2.45) is 5.73 Å². The van der Waals surface area contributed by atoms with Crippen LogP contribution in [0.4, 0.5) is 0 Å². The molecule has 0 radical (unpaired) electrons. The van der Waals surface area contributed by atoms with Gasteiger partial charge in [0.25, 0.3) is 0 Å². The maximum atomic E-state index is 11.0. The predicted molar refractivity (Wildman–Crippen MR) is 47.4 cm³/mol. The largest absolute Gasteiger partial charge is 0.508 e. The lowest BCUT2D eigenvalue weighted by atomic mass is 10.3. The summed E-state index contributed by atoms with van der Waals surface area (Å²) in [5, 5.41) is 8.93. The average molecular weight is 181 g/mol. The number of carbonyl (C=O) groups excluding carboxylic acids is 1. The third-order valence-electron chi connectivity index (χ3n) is 1.43. The van der Waals surface area contributed by atoms with Crippen molar-refractivity contribution in [2.45, 2.75) is 13.0 Å². The van der Waals surface area contributed by atoms with E-state index in [2.05, 4.69) is 0 Å². The molecule has 0 amide bonds. The lowest BCUT2D eigenvalue weighted by molar-refractivity contribution is -0.135. The normalized spacial score (nSPS) is 12.2. The number of ether oxygens (including phenoxy) is 1.